The van der Waals surface area contributed by atoms with Gasteiger partial charge in [-0.1, -0.05) is 18.2 Å². The fourth-order valence-electron chi connectivity index (χ4n) is 4.03. The molecule has 1 aromatic heterocycles. The molecule has 2 aliphatic heterocycles. The van der Waals surface area contributed by atoms with Crippen molar-refractivity contribution >= 4 is 17.4 Å². The van der Waals surface area contributed by atoms with Crippen LogP contribution < -0.4 is 14.8 Å². The lowest BCUT2D eigenvalue weighted by atomic mass is 10.1. The number of benzene rings is 2. The normalized spacial score (nSPS) is 15.4. The third-order valence-electron chi connectivity index (χ3n) is 5.96. The SMILES string of the molecule is COCCN1CCN(C(=O)c2cnc(-c3ccc4c(c3)OCO4)nc2Nc2ccccc2)CC1. The van der Waals surface area contributed by atoms with Gasteiger partial charge < -0.3 is 24.4 Å². The molecule has 2 aliphatic rings. The Morgan fingerprint density at radius 2 is 1.85 bits per heavy atom. The Hall–Kier alpha value is -3.69. The van der Waals surface area contributed by atoms with Crippen molar-refractivity contribution in [1.82, 2.24) is 19.8 Å². The molecule has 34 heavy (non-hydrogen) atoms. The molecular formula is C25H27N5O4. The number of amides is 1. The predicted molar refractivity (Wildman–Crippen MR) is 128 cm³/mol. The Kier molecular flexibility index (Phi) is 6.55. The summed E-state index contributed by atoms with van der Waals surface area (Å²) in [6.07, 6.45) is 1.61. The highest BCUT2D eigenvalue weighted by Gasteiger charge is 2.25. The van der Waals surface area contributed by atoms with E-state index in [1.54, 1.807) is 13.3 Å². The predicted octanol–water partition coefficient (Wildman–Crippen LogP) is 3.02. The fourth-order valence-corrected chi connectivity index (χ4v) is 4.03. The maximum absolute atomic E-state index is 13.5. The van der Waals surface area contributed by atoms with Gasteiger partial charge in [0.15, 0.2) is 17.3 Å². The highest BCUT2D eigenvalue weighted by atomic mass is 16.7. The first-order valence-corrected chi connectivity index (χ1v) is 11.3. The molecule has 0 radical (unpaired) electrons. The number of nitrogens with one attached hydrogen (secondary N) is 1. The Morgan fingerprint density at radius 1 is 1.06 bits per heavy atom. The number of para-hydroxylation sites is 1. The van der Waals surface area contributed by atoms with Crippen molar-refractivity contribution in [2.75, 3.05) is 58.6 Å². The number of anilines is 2. The van der Waals surface area contributed by atoms with Crippen molar-refractivity contribution in [1.29, 1.82) is 0 Å². The minimum Gasteiger partial charge on any atom is -0.454 e. The Balaban J connectivity index is 1.41. The summed E-state index contributed by atoms with van der Waals surface area (Å²) in [7, 11) is 1.70. The van der Waals surface area contributed by atoms with Crippen LogP contribution >= 0.6 is 0 Å². The van der Waals surface area contributed by atoms with Gasteiger partial charge in [0.25, 0.3) is 5.91 Å². The molecule has 3 aromatic rings. The molecule has 176 valence electrons. The summed E-state index contributed by atoms with van der Waals surface area (Å²) in [5.41, 5.74) is 2.07. The van der Waals surface area contributed by atoms with Crippen LogP contribution in [0.15, 0.2) is 54.7 Å². The smallest absolute Gasteiger partial charge is 0.259 e. The zero-order chi connectivity index (χ0) is 23.3. The zero-order valence-electron chi connectivity index (χ0n) is 19.1. The van der Waals surface area contributed by atoms with Crippen LogP contribution in [0.1, 0.15) is 10.4 Å². The van der Waals surface area contributed by atoms with Crippen LogP contribution in [0, 0.1) is 0 Å². The third kappa shape index (κ3) is 4.80. The highest BCUT2D eigenvalue weighted by Crippen LogP contribution is 2.35. The van der Waals surface area contributed by atoms with Gasteiger partial charge in [0.2, 0.25) is 6.79 Å². The quantitative estimate of drug-likeness (QED) is 0.575. The number of carbonyl (C=O) groups is 1. The number of ether oxygens (including phenoxy) is 3. The summed E-state index contributed by atoms with van der Waals surface area (Å²) >= 11 is 0. The van der Waals surface area contributed by atoms with E-state index in [0.29, 0.717) is 48.4 Å². The lowest BCUT2D eigenvalue weighted by Crippen LogP contribution is -2.49. The number of nitrogens with zero attached hydrogens (tertiary/aromatic N) is 4. The average Bonchev–Trinajstić information content (AvgIpc) is 3.36. The van der Waals surface area contributed by atoms with Gasteiger partial charge in [0.05, 0.1) is 6.61 Å². The molecule has 3 heterocycles. The van der Waals surface area contributed by atoms with Gasteiger partial charge in [-0.25, -0.2) is 9.97 Å². The molecule has 0 saturated carbocycles. The van der Waals surface area contributed by atoms with E-state index in [9.17, 15) is 4.79 Å². The van der Waals surface area contributed by atoms with E-state index < -0.39 is 0 Å². The number of rotatable bonds is 7. The van der Waals surface area contributed by atoms with Crippen molar-refractivity contribution < 1.29 is 19.0 Å². The summed E-state index contributed by atoms with van der Waals surface area (Å²) in [5, 5.41) is 3.31. The fraction of sp³-hybridized carbons (Fsp3) is 0.320. The van der Waals surface area contributed by atoms with Crippen LogP contribution in [0.2, 0.25) is 0 Å². The number of piperazine rings is 1. The lowest BCUT2D eigenvalue weighted by Gasteiger charge is -2.34. The molecule has 0 unspecified atom stereocenters. The van der Waals surface area contributed by atoms with E-state index in [0.717, 1.165) is 30.9 Å². The summed E-state index contributed by atoms with van der Waals surface area (Å²) in [6, 6.07) is 15.3. The number of hydrogen-bond donors (Lipinski definition) is 1. The highest BCUT2D eigenvalue weighted by molar-refractivity contribution is 5.99. The molecule has 1 saturated heterocycles. The van der Waals surface area contributed by atoms with Gasteiger partial charge >= 0.3 is 0 Å². The van der Waals surface area contributed by atoms with E-state index in [4.69, 9.17) is 19.2 Å². The van der Waals surface area contributed by atoms with Gasteiger partial charge in [-0.05, 0) is 30.3 Å². The molecule has 9 nitrogen and oxygen atoms in total. The zero-order valence-corrected chi connectivity index (χ0v) is 19.1. The number of methoxy groups -OCH3 is 1. The van der Waals surface area contributed by atoms with Crippen molar-refractivity contribution in [3.63, 3.8) is 0 Å². The number of fused-ring (bicyclic) bond motifs is 1. The van der Waals surface area contributed by atoms with E-state index in [2.05, 4.69) is 15.2 Å². The molecule has 0 atom stereocenters. The van der Waals surface area contributed by atoms with Crippen LogP contribution in [0.4, 0.5) is 11.5 Å². The summed E-state index contributed by atoms with van der Waals surface area (Å²) in [4.78, 5) is 26.9. The van der Waals surface area contributed by atoms with Gasteiger partial charge in [-0.2, -0.15) is 0 Å². The van der Waals surface area contributed by atoms with E-state index >= 15 is 0 Å². The van der Waals surface area contributed by atoms with Crippen molar-refractivity contribution in [2.24, 2.45) is 0 Å². The monoisotopic (exact) mass is 461 g/mol. The van der Waals surface area contributed by atoms with Crippen LogP contribution in [0.5, 0.6) is 11.5 Å². The minimum absolute atomic E-state index is 0.0814. The van der Waals surface area contributed by atoms with Gasteiger partial charge in [-0.3, -0.25) is 9.69 Å². The standard InChI is InChI=1S/C25H27N5O4/c1-32-14-13-29-9-11-30(12-10-29)25(31)20-16-26-23(18-7-8-21-22(15-18)34-17-33-21)28-24(20)27-19-5-3-2-4-6-19/h2-8,15-16H,9-14,17H2,1H3,(H,26,27,28). The summed E-state index contributed by atoms with van der Waals surface area (Å²) in [5.74, 6) is 2.24. The van der Waals surface area contributed by atoms with Crippen molar-refractivity contribution in [3.8, 4) is 22.9 Å². The molecule has 1 N–H and O–H groups in total. The van der Waals surface area contributed by atoms with Crippen molar-refractivity contribution in [3.05, 3.63) is 60.3 Å². The van der Waals surface area contributed by atoms with Gasteiger partial charge in [0.1, 0.15) is 11.4 Å². The Bertz CT molecular complexity index is 1150. The minimum atomic E-state index is -0.0814. The molecule has 0 aliphatic carbocycles. The summed E-state index contributed by atoms with van der Waals surface area (Å²) in [6.45, 7) is 4.68. The number of hydrogen-bond acceptors (Lipinski definition) is 8. The molecule has 2 aromatic carbocycles. The van der Waals surface area contributed by atoms with Crippen LogP contribution in [-0.2, 0) is 4.74 Å². The second-order valence-corrected chi connectivity index (χ2v) is 8.14. The first-order valence-electron chi connectivity index (χ1n) is 11.3. The topological polar surface area (TPSA) is 89.1 Å². The second-order valence-electron chi connectivity index (χ2n) is 8.14. The second kappa shape index (κ2) is 10.1. The molecule has 5 rings (SSSR count). The number of carbonyl (C=O) groups excluding carboxylic acids is 1. The number of aromatic nitrogens is 2. The molecular weight excluding hydrogens is 434 g/mol. The maximum atomic E-state index is 13.5. The van der Waals surface area contributed by atoms with Crippen molar-refractivity contribution in [2.45, 2.75) is 0 Å². The van der Waals surface area contributed by atoms with E-state index in [1.165, 1.54) is 0 Å². The molecule has 1 amide bonds. The molecule has 9 heteroatoms. The first-order chi connectivity index (χ1) is 16.7. The van der Waals surface area contributed by atoms with Gasteiger partial charge in [-0.15, -0.1) is 0 Å². The average molecular weight is 462 g/mol. The Morgan fingerprint density at radius 3 is 2.65 bits per heavy atom. The van der Waals surface area contributed by atoms with Crippen LogP contribution in [-0.4, -0.2) is 78.9 Å². The lowest BCUT2D eigenvalue weighted by molar-refractivity contribution is 0.0594. The molecule has 1 fully saturated rings. The van der Waals surface area contributed by atoms with Crippen LogP contribution in [0.25, 0.3) is 11.4 Å². The summed E-state index contributed by atoms with van der Waals surface area (Å²) < 4.78 is 16.1. The molecule has 0 bridgehead atoms. The van der Waals surface area contributed by atoms with E-state index in [-0.39, 0.29) is 12.7 Å². The maximum Gasteiger partial charge on any atom is 0.259 e. The van der Waals surface area contributed by atoms with Gasteiger partial charge in [0, 0.05) is 57.3 Å². The largest absolute Gasteiger partial charge is 0.454 e. The van der Waals surface area contributed by atoms with E-state index in [1.807, 2.05) is 53.4 Å². The molecule has 0 spiro atoms. The Labute approximate surface area is 198 Å². The van der Waals surface area contributed by atoms with Crippen LogP contribution in [0.3, 0.4) is 0 Å². The first kappa shape index (κ1) is 22.1. The third-order valence-corrected chi connectivity index (χ3v) is 5.96.